The van der Waals surface area contributed by atoms with Gasteiger partial charge < -0.3 is 25.7 Å². The SMILES string of the molecule is CCCCCCCCCCCCCCCCCCCCCCCCCCC/C=C/CCCC(O)C(O)C(CO)NC(=O)C(O)CCCCCCCCCCCCCCCCCCCCCC. The van der Waals surface area contributed by atoms with Crippen LogP contribution in [0.2, 0.25) is 0 Å². The fraction of sp³-hybridized carbons (Fsp3) is 0.950. The Bertz CT molecular complexity index is 959. The molecule has 0 aromatic heterocycles. The van der Waals surface area contributed by atoms with Crippen LogP contribution in [0.1, 0.15) is 335 Å². The molecule has 0 rings (SSSR count). The Labute approximate surface area is 412 Å². The van der Waals surface area contributed by atoms with E-state index in [1.807, 2.05) is 0 Å². The van der Waals surface area contributed by atoms with Crippen molar-refractivity contribution in [3.8, 4) is 0 Å². The van der Waals surface area contributed by atoms with E-state index in [9.17, 15) is 25.2 Å². The second kappa shape index (κ2) is 55.0. The summed E-state index contributed by atoms with van der Waals surface area (Å²) in [6.45, 7) is 4.09. The van der Waals surface area contributed by atoms with Crippen LogP contribution >= 0.6 is 0 Å². The molecule has 0 saturated heterocycles. The number of nitrogens with one attached hydrogen (secondary N) is 1. The minimum Gasteiger partial charge on any atom is -0.394 e. The molecule has 0 bridgehead atoms. The molecule has 394 valence electrons. The summed E-state index contributed by atoms with van der Waals surface area (Å²) in [6.07, 6.45) is 65.9. The third kappa shape index (κ3) is 48.1. The first kappa shape index (κ1) is 65.0. The first-order chi connectivity index (χ1) is 32.5. The molecule has 6 nitrogen and oxygen atoms in total. The fourth-order valence-electron chi connectivity index (χ4n) is 9.76. The lowest BCUT2D eigenvalue weighted by molar-refractivity contribution is -0.132. The van der Waals surface area contributed by atoms with Gasteiger partial charge in [-0.05, 0) is 38.5 Å². The smallest absolute Gasteiger partial charge is 0.249 e. The zero-order chi connectivity index (χ0) is 48.1. The van der Waals surface area contributed by atoms with E-state index in [1.54, 1.807) is 0 Å². The van der Waals surface area contributed by atoms with Crippen molar-refractivity contribution in [3.05, 3.63) is 12.2 Å². The number of hydrogen-bond acceptors (Lipinski definition) is 5. The van der Waals surface area contributed by atoms with E-state index in [2.05, 4.69) is 31.3 Å². The minimum absolute atomic E-state index is 0.369. The van der Waals surface area contributed by atoms with Gasteiger partial charge in [-0.2, -0.15) is 0 Å². The minimum atomic E-state index is -1.28. The highest BCUT2D eigenvalue weighted by Crippen LogP contribution is 2.19. The summed E-state index contributed by atoms with van der Waals surface area (Å²) in [6, 6.07) is -0.999. The average Bonchev–Trinajstić information content (AvgIpc) is 3.32. The van der Waals surface area contributed by atoms with Gasteiger partial charge in [0.05, 0.1) is 18.8 Å². The summed E-state index contributed by atoms with van der Waals surface area (Å²) in [7, 11) is 0. The number of amides is 1. The van der Waals surface area contributed by atoms with E-state index in [0.29, 0.717) is 12.8 Å². The van der Waals surface area contributed by atoms with Gasteiger partial charge in [0.1, 0.15) is 12.2 Å². The van der Waals surface area contributed by atoms with E-state index in [4.69, 9.17) is 0 Å². The number of carbonyl (C=O) groups is 1. The molecule has 5 N–H and O–H groups in total. The third-order valence-electron chi connectivity index (χ3n) is 14.5. The molecule has 0 aliphatic rings. The Hall–Kier alpha value is -0.950. The molecule has 66 heavy (non-hydrogen) atoms. The zero-order valence-electron chi connectivity index (χ0n) is 44.7. The van der Waals surface area contributed by atoms with Crippen LogP contribution in [0.25, 0.3) is 0 Å². The van der Waals surface area contributed by atoms with Crippen molar-refractivity contribution in [2.24, 2.45) is 0 Å². The van der Waals surface area contributed by atoms with Crippen molar-refractivity contribution in [1.29, 1.82) is 0 Å². The topological polar surface area (TPSA) is 110 Å². The van der Waals surface area contributed by atoms with Crippen LogP contribution in [-0.2, 0) is 4.79 Å². The van der Waals surface area contributed by atoms with Gasteiger partial charge in [-0.1, -0.05) is 309 Å². The maximum Gasteiger partial charge on any atom is 0.249 e. The number of carbonyl (C=O) groups excluding carboxylic acids is 1. The molecule has 0 fully saturated rings. The van der Waals surface area contributed by atoms with Crippen molar-refractivity contribution in [2.45, 2.75) is 359 Å². The number of unbranched alkanes of at least 4 members (excludes halogenated alkanes) is 45. The number of hydrogen-bond donors (Lipinski definition) is 5. The van der Waals surface area contributed by atoms with Gasteiger partial charge in [-0.25, -0.2) is 0 Å². The molecule has 4 atom stereocenters. The van der Waals surface area contributed by atoms with Crippen molar-refractivity contribution in [3.63, 3.8) is 0 Å². The van der Waals surface area contributed by atoms with E-state index < -0.39 is 36.9 Å². The van der Waals surface area contributed by atoms with Crippen LogP contribution in [0.15, 0.2) is 12.2 Å². The van der Waals surface area contributed by atoms with Gasteiger partial charge in [0.15, 0.2) is 0 Å². The molecule has 1 amide bonds. The molecular weight excluding hydrogens is 815 g/mol. The Kier molecular flexibility index (Phi) is 54.2. The summed E-state index contributed by atoms with van der Waals surface area (Å²) < 4.78 is 0. The second-order valence-electron chi connectivity index (χ2n) is 21.1. The van der Waals surface area contributed by atoms with Gasteiger partial charge in [-0.3, -0.25) is 4.79 Å². The lowest BCUT2D eigenvalue weighted by atomic mass is 10.00. The molecule has 0 heterocycles. The Balaban J connectivity index is 3.59. The van der Waals surface area contributed by atoms with Crippen molar-refractivity contribution >= 4 is 5.91 Å². The molecule has 0 spiro atoms. The van der Waals surface area contributed by atoms with Gasteiger partial charge in [-0.15, -0.1) is 0 Å². The number of aliphatic hydroxyl groups excluding tert-OH is 4. The Morgan fingerprint density at radius 3 is 0.909 bits per heavy atom. The third-order valence-corrected chi connectivity index (χ3v) is 14.5. The Morgan fingerprint density at radius 2 is 0.621 bits per heavy atom. The number of allylic oxidation sites excluding steroid dienone is 2. The highest BCUT2D eigenvalue weighted by atomic mass is 16.3. The average molecular weight is 935 g/mol. The molecule has 4 unspecified atom stereocenters. The van der Waals surface area contributed by atoms with Crippen LogP contribution < -0.4 is 5.32 Å². The first-order valence-electron chi connectivity index (χ1n) is 30.1. The van der Waals surface area contributed by atoms with E-state index in [0.717, 1.165) is 38.5 Å². The monoisotopic (exact) mass is 934 g/mol. The lowest BCUT2D eigenvalue weighted by Crippen LogP contribution is -2.53. The highest BCUT2D eigenvalue weighted by molar-refractivity contribution is 5.80. The van der Waals surface area contributed by atoms with Crippen LogP contribution in [0.4, 0.5) is 0 Å². The number of rotatable bonds is 56. The first-order valence-corrected chi connectivity index (χ1v) is 30.1. The van der Waals surface area contributed by atoms with E-state index >= 15 is 0 Å². The van der Waals surface area contributed by atoms with Crippen LogP contribution in [0, 0.1) is 0 Å². The largest absolute Gasteiger partial charge is 0.394 e. The summed E-state index contributed by atoms with van der Waals surface area (Å²) in [5.41, 5.74) is 0. The summed E-state index contributed by atoms with van der Waals surface area (Å²) in [5, 5.41) is 44.0. The van der Waals surface area contributed by atoms with Gasteiger partial charge in [0.2, 0.25) is 5.91 Å². The summed E-state index contributed by atoms with van der Waals surface area (Å²) in [4.78, 5) is 12.6. The van der Waals surface area contributed by atoms with Crippen molar-refractivity contribution in [2.75, 3.05) is 6.61 Å². The molecule has 0 aliphatic carbocycles. The quantitative estimate of drug-likeness (QED) is 0.0308. The Morgan fingerprint density at radius 1 is 0.364 bits per heavy atom. The standard InChI is InChI=1S/C60H119NO5/c1-3-5-7-9-11-13-15-17-19-21-23-25-26-27-28-29-30-31-32-33-34-36-37-39-41-43-45-47-49-51-53-57(63)59(65)56(55-62)61-60(66)58(64)54-52-50-48-46-44-42-40-38-35-24-22-20-18-16-14-12-10-8-6-4-2/h45,47,56-59,62-65H,3-44,46,48-55H2,1-2H3,(H,61,66)/b47-45+. The van der Waals surface area contributed by atoms with Crippen molar-refractivity contribution < 1.29 is 25.2 Å². The maximum absolute atomic E-state index is 12.6. The summed E-state index contributed by atoms with van der Waals surface area (Å²) >= 11 is 0. The molecule has 0 radical (unpaired) electrons. The maximum atomic E-state index is 12.6. The summed E-state index contributed by atoms with van der Waals surface area (Å²) in [5.74, 6) is -0.586. The van der Waals surface area contributed by atoms with Crippen LogP contribution in [0.5, 0.6) is 0 Å². The van der Waals surface area contributed by atoms with E-state index in [1.165, 1.54) is 270 Å². The highest BCUT2D eigenvalue weighted by Gasteiger charge is 2.28. The van der Waals surface area contributed by atoms with Gasteiger partial charge in [0.25, 0.3) is 0 Å². The predicted molar refractivity (Wildman–Crippen MR) is 288 cm³/mol. The normalized spacial score (nSPS) is 13.7. The van der Waals surface area contributed by atoms with Crippen molar-refractivity contribution in [1.82, 2.24) is 5.32 Å². The van der Waals surface area contributed by atoms with E-state index in [-0.39, 0.29) is 0 Å². The molecule has 0 aromatic carbocycles. The number of aliphatic hydroxyl groups is 4. The fourth-order valence-corrected chi connectivity index (χ4v) is 9.76. The molecular formula is C60H119NO5. The second-order valence-corrected chi connectivity index (χ2v) is 21.1. The van der Waals surface area contributed by atoms with Gasteiger partial charge in [0, 0.05) is 0 Å². The van der Waals surface area contributed by atoms with Crippen LogP contribution in [-0.4, -0.2) is 57.3 Å². The van der Waals surface area contributed by atoms with Crippen LogP contribution in [0.3, 0.4) is 0 Å². The lowest BCUT2D eigenvalue weighted by Gasteiger charge is -2.27. The van der Waals surface area contributed by atoms with Gasteiger partial charge >= 0.3 is 0 Å². The zero-order valence-corrected chi connectivity index (χ0v) is 44.7. The molecule has 0 aliphatic heterocycles. The molecule has 0 aromatic rings. The molecule has 6 heteroatoms. The molecule has 0 saturated carbocycles. The predicted octanol–water partition coefficient (Wildman–Crippen LogP) is 17.6.